The third-order valence-electron chi connectivity index (χ3n) is 3.18. The zero-order valence-electron chi connectivity index (χ0n) is 9.66. The van der Waals surface area contributed by atoms with Gasteiger partial charge in [-0.2, -0.15) is 0 Å². The Balaban J connectivity index is 2.18. The van der Waals surface area contributed by atoms with E-state index in [4.69, 9.17) is 9.47 Å². The molecule has 86 valence electrons. The van der Waals surface area contributed by atoms with E-state index in [1.165, 1.54) is 18.2 Å². The molecular formula is C13H16O3. The van der Waals surface area contributed by atoms with Crippen LogP contribution in [0.15, 0.2) is 18.2 Å². The number of rotatable bonds is 2. The number of benzene rings is 1. The summed E-state index contributed by atoms with van der Waals surface area (Å²) in [7, 11) is 3.12. The normalized spacial score (nSPS) is 18.8. The Morgan fingerprint density at radius 1 is 1.31 bits per heavy atom. The molecule has 0 heterocycles. The maximum absolute atomic E-state index is 11.5. The Hall–Kier alpha value is -1.51. The topological polar surface area (TPSA) is 35.5 Å². The minimum absolute atomic E-state index is 0.0193. The van der Waals surface area contributed by atoms with Crippen molar-refractivity contribution in [3.63, 3.8) is 0 Å². The van der Waals surface area contributed by atoms with Gasteiger partial charge in [-0.1, -0.05) is 6.07 Å². The molecule has 0 saturated heterocycles. The average Bonchev–Trinajstić information content (AvgIpc) is 2.36. The van der Waals surface area contributed by atoms with Gasteiger partial charge in [0.2, 0.25) is 0 Å². The van der Waals surface area contributed by atoms with Gasteiger partial charge >= 0.3 is 5.97 Å². The molecule has 0 aliphatic heterocycles. The average molecular weight is 220 g/mol. The van der Waals surface area contributed by atoms with E-state index in [1.54, 1.807) is 7.11 Å². The van der Waals surface area contributed by atoms with Gasteiger partial charge in [0.05, 0.1) is 20.1 Å². The number of ether oxygens (including phenoxy) is 2. The van der Waals surface area contributed by atoms with Crippen LogP contribution in [0, 0.1) is 5.92 Å². The molecule has 1 aromatic rings. The molecule has 0 saturated carbocycles. The maximum Gasteiger partial charge on any atom is 0.309 e. The highest BCUT2D eigenvalue weighted by Gasteiger charge is 2.25. The molecule has 2 rings (SSSR count). The lowest BCUT2D eigenvalue weighted by Gasteiger charge is -2.22. The van der Waals surface area contributed by atoms with Gasteiger partial charge in [0.1, 0.15) is 5.75 Å². The van der Waals surface area contributed by atoms with Crippen LogP contribution >= 0.6 is 0 Å². The number of methoxy groups -OCH3 is 2. The predicted molar refractivity (Wildman–Crippen MR) is 60.5 cm³/mol. The van der Waals surface area contributed by atoms with E-state index in [9.17, 15) is 4.79 Å². The first kappa shape index (κ1) is 11.0. The van der Waals surface area contributed by atoms with Gasteiger partial charge in [-0.3, -0.25) is 4.79 Å². The Morgan fingerprint density at radius 2 is 2.12 bits per heavy atom. The van der Waals surface area contributed by atoms with Gasteiger partial charge in [0, 0.05) is 0 Å². The summed E-state index contributed by atoms with van der Waals surface area (Å²) >= 11 is 0. The van der Waals surface area contributed by atoms with Crippen LogP contribution in [0.1, 0.15) is 17.5 Å². The SMILES string of the molecule is COC(=O)[C@H]1CCc2cc(OC)ccc2C1. The highest BCUT2D eigenvalue weighted by molar-refractivity contribution is 5.73. The van der Waals surface area contributed by atoms with Crippen molar-refractivity contribution in [3.8, 4) is 5.75 Å². The van der Waals surface area contributed by atoms with Crippen molar-refractivity contribution in [2.45, 2.75) is 19.3 Å². The lowest BCUT2D eigenvalue weighted by Crippen LogP contribution is -2.23. The second-order valence-electron chi connectivity index (χ2n) is 4.10. The summed E-state index contributed by atoms with van der Waals surface area (Å²) in [5, 5.41) is 0. The standard InChI is InChI=1S/C13H16O3/c1-15-12-6-5-9-7-11(13(14)16-2)4-3-10(9)8-12/h5-6,8,11H,3-4,7H2,1-2H3/t11-/m0/s1. The lowest BCUT2D eigenvalue weighted by molar-refractivity contribution is -0.145. The van der Waals surface area contributed by atoms with E-state index in [1.807, 2.05) is 12.1 Å². The second kappa shape index (κ2) is 4.56. The van der Waals surface area contributed by atoms with Gasteiger partial charge in [-0.25, -0.2) is 0 Å². The highest BCUT2D eigenvalue weighted by Crippen LogP contribution is 2.29. The predicted octanol–water partition coefficient (Wildman–Crippen LogP) is 1.97. The summed E-state index contributed by atoms with van der Waals surface area (Å²) in [6, 6.07) is 6.05. The zero-order valence-corrected chi connectivity index (χ0v) is 9.66. The molecule has 0 unspecified atom stereocenters. The lowest BCUT2D eigenvalue weighted by atomic mass is 9.84. The van der Waals surface area contributed by atoms with Crippen LogP contribution in [0.25, 0.3) is 0 Å². The summed E-state index contributed by atoms with van der Waals surface area (Å²) < 4.78 is 9.97. The summed E-state index contributed by atoms with van der Waals surface area (Å²) in [5.74, 6) is 0.808. The van der Waals surface area contributed by atoms with Crippen molar-refractivity contribution in [2.24, 2.45) is 5.92 Å². The number of hydrogen-bond donors (Lipinski definition) is 0. The van der Waals surface area contributed by atoms with Gasteiger partial charge in [0.15, 0.2) is 0 Å². The molecule has 1 aliphatic carbocycles. The van der Waals surface area contributed by atoms with E-state index >= 15 is 0 Å². The maximum atomic E-state index is 11.5. The highest BCUT2D eigenvalue weighted by atomic mass is 16.5. The van der Waals surface area contributed by atoms with Crippen molar-refractivity contribution < 1.29 is 14.3 Å². The molecule has 0 N–H and O–H groups in total. The number of hydrogen-bond acceptors (Lipinski definition) is 3. The summed E-state index contributed by atoms with van der Waals surface area (Å²) in [6.07, 6.45) is 2.57. The molecule has 0 aromatic heterocycles. The van der Waals surface area contributed by atoms with Crippen LogP contribution < -0.4 is 4.74 Å². The molecule has 3 nitrogen and oxygen atoms in total. The zero-order chi connectivity index (χ0) is 11.5. The van der Waals surface area contributed by atoms with E-state index in [2.05, 4.69) is 6.07 Å². The van der Waals surface area contributed by atoms with Crippen LogP contribution in [0.5, 0.6) is 5.75 Å². The van der Waals surface area contributed by atoms with Crippen molar-refractivity contribution in [2.75, 3.05) is 14.2 Å². The molecule has 1 aromatic carbocycles. The van der Waals surface area contributed by atoms with E-state index in [0.717, 1.165) is 25.0 Å². The summed E-state index contributed by atoms with van der Waals surface area (Å²) in [5.41, 5.74) is 2.53. The van der Waals surface area contributed by atoms with Gasteiger partial charge < -0.3 is 9.47 Å². The van der Waals surface area contributed by atoms with Crippen LogP contribution in [0.3, 0.4) is 0 Å². The Bertz CT molecular complexity index is 398. The third-order valence-corrected chi connectivity index (χ3v) is 3.18. The summed E-state index contributed by atoms with van der Waals surface area (Å²) in [6.45, 7) is 0. The second-order valence-corrected chi connectivity index (χ2v) is 4.10. The van der Waals surface area contributed by atoms with E-state index < -0.39 is 0 Å². The smallest absolute Gasteiger partial charge is 0.309 e. The Labute approximate surface area is 95.4 Å². The monoisotopic (exact) mass is 220 g/mol. The number of carbonyl (C=O) groups is 1. The van der Waals surface area contributed by atoms with Crippen LogP contribution in [-0.2, 0) is 22.4 Å². The number of esters is 1. The molecule has 0 bridgehead atoms. The number of carbonyl (C=O) groups excluding carboxylic acids is 1. The Kier molecular flexibility index (Phi) is 3.13. The Morgan fingerprint density at radius 3 is 2.81 bits per heavy atom. The first-order valence-corrected chi connectivity index (χ1v) is 5.48. The molecular weight excluding hydrogens is 204 g/mol. The molecule has 0 spiro atoms. The van der Waals surface area contributed by atoms with Crippen molar-refractivity contribution in [3.05, 3.63) is 29.3 Å². The van der Waals surface area contributed by atoms with Crippen LogP contribution in [-0.4, -0.2) is 20.2 Å². The largest absolute Gasteiger partial charge is 0.497 e. The number of aryl methyl sites for hydroxylation is 1. The van der Waals surface area contributed by atoms with Gasteiger partial charge in [0.25, 0.3) is 0 Å². The minimum atomic E-state index is -0.0959. The molecule has 1 atom stereocenters. The van der Waals surface area contributed by atoms with E-state index in [0.29, 0.717) is 0 Å². The van der Waals surface area contributed by atoms with Crippen LogP contribution in [0.2, 0.25) is 0 Å². The third kappa shape index (κ3) is 2.03. The first-order valence-electron chi connectivity index (χ1n) is 5.48. The minimum Gasteiger partial charge on any atom is -0.497 e. The summed E-state index contributed by atoms with van der Waals surface area (Å²) in [4.78, 5) is 11.5. The molecule has 3 heteroatoms. The fourth-order valence-corrected chi connectivity index (χ4v) is 2.23. The van der Waals surface area contributed by atoms with Gasteiger partial charge in [-0.05, 0) is 42.5 Å². The fourth-order valence-electron chi connectivity index (χ4n) is 2.23. The number of fused-ring (bicyclic) bond motifs is 1. The molecule has 16 heavy (non-hydrogen) atoms. The molecule has 0 amide bonds. The molecule has 0 radical (unpaired) electrons. The first-order chi connectivity index (χ1) is 7.74. The van der Waals surface area contributed by atoms with E-state index in [-0.39, 0.29) is 11.9 Å². The quantitative estimate of drug-likeness (QED) is 0.715. The van der Waals surface area contributed by atoms with Crippen molar-refractivity contribution in [1.82, 2.24) is 0 Å². The fraction of sp³-hybridized carbons (Fsp3) is 0.462. The van der Waals surface area contributed by atoms with Crippen molar-refractivity contribution >= 4 is 5.97 Å². The van der Waals surface area contributed by atoms with Crippen LogP contribution in [0.4, 0.5) is 0 Å². The van der Waals surface area contributed by atoms with Gasteiger partial charge in [-0.15, -0.1) is 0 Å². The molecule has 1 aliphatic rings. The molecule has 0 fully saturated rings. The van der Waals surface area contributed by atoms with Crippen molar-refractivity contribution in [1.29, 1.82) is 0 Å².